The first-order valence-electron chi connectivity index (χ1n) is 7.66. The van der Waals surface area contributed by atoms with Crippen molar-refractivity contribution in [3.05, 3.63) is 70.9 Å². The molecule has 0 fully saturated rings. The third kappa shape index (κ3) is 4.30. The maximum atomic E-state index is 12.7. The number of para-hydroxylation sites is 1. The summed E-state index contributed by atoms with van der Waals surface area (Å²) in [5, 5.41) is 20.8. The van der Waals surface area contributed by atoms with Crippen molar-refractivity contribution in [1.29, 1.82) is 0 Å². The van der Waals surface area contributed by atoms with Gasteiger partial charge in [-0.2, -0.15) is 0 Å². The van der Waals surface area contributed by atoms with E-state index in [2.05, 4.69) is 0 Å². The van der Waals surface area contributed by atoms with Crippen LogP contribution in [0.4, 0.5) is 5.69 Å². The first-order chi connectivity index (χ1) is 12.1. The number of aromatic hydroxyl groups is 2. The number of phenols is 2. The number of hydrogen-bond donors (Lipinski definition) is 2. The molecule has 0 aliphatic heterocycles. The second-order valence-electron chi connectivity index (χ2n) is 5.33. The summed E-state index contributed by atoms with van der Waals surface area (Å²) in [6.45, 7) is 0.287. The molecule has 3 rings (SSSR count). The lowest BCUT2D eigenvalue weighted by molar-refractivity contribution is -0.120. The monoisotopic (exact) mass is 355 g/mol. The van der Waals surface area contributed by atoms with Gasteiger partial charge in [0.05, 0.1) is 6.54 Å². The van der Waals surface area contributed by atoms with E-state index in [1.807, 2.05) is 47.8 Å². The van der Waals surface area contributed by atoms with Crippen molar-refractivity contribution in [2.24, 2.45) is 0 Å². The van der Waals surface area contributed by atoms with E-state index in [0.717, 1.165) is 10.6 Å². The number of rotatable bonds is 6. The molecule has 1 aromatic heterocycles. The van der Waals surface area contributed by atoms with E-state index < -0.39 is 0 Å². The average Bonchev–Trinajstić information content (AvgIpc) is 3.14. The van der Waals surface area contributed by atoms with Crippen molar-refractivity contribution in [3.63, 3.8) is 0 Å². The summed E-state index contributed by atoms with van der Waals surface area (Å²) in [6, 6.07) is 17.4. The van der Waals surface area contributed by atoms with Crippen LogP contribution in [0.15, 0.2) is 66.0 Å². The molecule has 3 aromatic rings. The first-order valence-corrected chi connectivity index (χ1v) is 8.54. The highest BCUT2D eigenvalue weighted by molar-refractivity contribution is 7.09. The highest BCUT2D eigenvalue weighted by atomic mass is 32.1. The summed E-state index contributed by atoms with van der Waals surface area (Å²) in [5.74, 6) is -0.411. The van der Waals surface area contributed by atoms with Crippen molar-refractivity contribution in [3.8, 4) is 17.2 Å². The number of carbonyl (C=O) groups excluding carboxylic acids is 1. The molecule has 5 nitrogen and oxygen atoms in total. The number of thiophene rings is 1. The quantitative estimate of drug-likeness (QED) is 0.661. The van der Waals surface area contributed by atoms with Crippen LogP contribution in [0.5, 0.6) is 17.2 Å². The molecule has 0 saturated carbocycles. The average molecular weight is 355 g/mol. The molecule has 2 aromatic carbocycles. The van der Waals surface area contributed by atoms with Gasteiger partial charge in [-0.1, -0.05) is 24.3 Å². The maximum absolute atomic E-state index is 12.7. The predicted octanol–water partition coefficient (Wildman–Crippen LogP) is 3.77. The number of phenolic OH excluding ortho intramolecular Hbond substituents is 2. The van der Waals surface area contributed by atoms with Crippen molar-refractivity contribution in [1.82, 2.24) is 0 Å². The van der Waals surface area contributed by atoms with Crippen LogP contribution in [-0.4, -0.2) is 22.7 Å². The minimum Gasteiger partial charge on any atom is -0.504 e. The molecule has 128 valence electrons. The summed E-state index contributed by atoms with van der Waals surface area (Å²) in [7, 11) is 0. The van der Waals surface area contributed by atoms with Gasteiger partial charge in [0.1, 0.15) is 5.75 Å². The van der Waals surface area contributed by atoms with Gasteiger partial charge in [0.25, 0.3) is 5.91 Å². The lowest BCUT2D eigenvalue weighted by Crippen LogP contribution is -2.34. The SMILES string of the molecule is O=C(COc1ccc(O)c(O)c1)N(Cc1cccs1)c1ccccc1. The fraction of sp³-hybridized carbons (Fsp3) is 0.105. The Morgan fingerprint density at radius 1 is 1.00 bits per heavy atom. The molecule has 0 unspecified atom stereocenters. The number of benzene rings is 2. The lowest BCUT2D eigenvalue weighted by Gasteiger charge is -2.22. The van der Waals surface area contributed by atoms with E-state index in [1.165, 1.54) is 18.2 Å². The molecule has 0 bridgehead atoms. The van der Waals surface area contributed by atoms with Crippen molar-refractivity contribution in [2.45, 2.75) is 6.54 Å². The Hall–Kier alpha value is -2.99. The minimum atomic E-state index is -0.288. The van der Waals surface area contributed by atoms with Gasteiger partial charge in [0.15, 0.2) is 18.1 Å². The number of nitrogens with zero attached hydrogens (tertiary/aromatic N) is 1. The fourth-order valence-corrected chi connectivity index (χ4v) is 3.00. The number of anilines is 1. The summed E-state index contributed by atoms with van der Waals surface area (Å²) < 4.78 is 5.47. The van der Waals surface area contributed by atoms with E-state index in [1.54, 1.807) is 16.2 Å². The number of amides is 1. The zero-order valence-corrected chi connectivity index (χ0v) is 14.1. The molecule has 2 N–H and O–H groups in total. The summed E-state index contributed by atoms with van der Waals surface area (Å²) >= 11 is 1.59. The number of hydrogen-bond acceptors (Lipinski definition) is 5. The number of carbonyl (C=O) groups is 1. The van der Waals surface area contributed by atoms with Crippen molar-refractivity contribution in [2.75, 3.05) is 11.5 Å². The van der Waals surface area contributed by atoms with Gasteiger partial charge < -0.3 is 19.8 Å². The van der Waals surface area contributed by atoms with Crippen LogP contribution < -0.4 is 9.64 Å². The van der Waals surface area contributed by atoms with E-state index in [-0.39, 0.29) is 24.0 Å². The van der Waals surface area contributed by atoms with Crippen molar-refractivity contribution >= 4 is 22.9 Å². The Balaban J connectivity index is 1.73. The van der Waals surface area contributed by atoms with Crippen LogP contribution in [0.3, 0.4) is 0 Å². The highest BCUT2D eigenvalue weighted by Gasteiger charge is 2.17. The molecule has 0 aliphatic carbocycles. The van der Waals surface area contributed by atoms with Crippen LogP contribution in [0.1, 0.15) is 4.88 Å². The van der Waals surface area contributed by atoms with Crippen LogP contribution in [-0.2, 0) is 11.3 Å². The van der Waals surface area contributed by atoms with E-state index in [4.69, 9.17) is 4.74 Å². The standard InChI is InChI=1S/C19H17NO4S/c21-17-9-8-15(11-18(17)22)24-13-19(23)20(12-16-7-4-10-25-16)14-5-2-1-3-6-14/h1-11,21-22H,12-13H2. The third-order valence-corrected chi connectivity index (χ3v) is 4.43. The Morgan fingerprint density at radius 2 is 1.80 bits per heavy atom. The summed E-state index contributed by atoms with van der Waals surface area (Å²) in [6.07, 6.45) is 0. The molecule has 0 spiro atoms. The smallest absolute Gasteiger partial charge is 0.265 e. The first kappa shape index (κ1) is 16.9. The molecule has 6 heteroatoms. The molecule has 25 heavy (non-hydrogen) atoms. The molecule has 0 saturated heterocycles. The molecule has 0 atom stereocenters. The highest BCUT2D eigenvalue weighted by Crippen LogP contribution is 2.28. The van der Waals surface area contributed by atoms with Crippen LogP contribution in [0.2, 0.25) is 0 Å². The largest absolute Gasteiger partial charge is 0.504 e. The molecule has 0 radical (unpaired) electrons. The zero-order chi connectivity index (χ0) is 17.6. The Labute approximate surface area is 149 Å². The Bertz CT molecular complexity index is 834. The van der Waals surface area contributed by atoms with Gasteiger partial charge >= 0.3 is 0 Å². The minimum absolute atomic E-state index is 0.176. The van der Waals surface area contributed by atoms with Gasteiger partial charge in [0, 0.05) is 16.6 Å². The molecule has 1 amide bonds. The van der Waals surface area contributed by atoms with Crippen LogP contribution in [0.25, 0.3) is 0 Å². The topological polar surface area (TPSA) is 70.0 Å². The Morgan fingerprint density at radius 3 is 2.48 bits per heavy atom. The van der Waals surface area contributed by atoms with Crippen LogP contribution >= 0.6 is 11.3 Å². The fourth-order valence-electron chi connectivity index (χ4n) is 2.31. The molecular weight excluding hydrogens is 338 g/mol. The predicted molar refractivity (Wildman–Crippen MR) is 97.2 cm³/mol. The van der Waals surface area contributed by atoms with Gasteiger partial charge in [-0.05, 0) is 35.7 Å². The molecule has 0 aliphatic rings. The van der Waals surface area contributed by atoms with Crippen LogP contribution in [0, 0.1) is 0 Å². The van der Waals surface area contributed by atoms with E-state index in [0.29, 0.717) is 12.3 Å². The zero-order valence-electron chi connectivity index (χ0n) is 13.3. The summed E-state index contributed by atoms with van der Waals surface area (Å²) in [4.78, 5) is 15.4. The van der Waals surface area contributed by atoms with Gasteiger partial charge in [-0.15, -0.1) is 11.3 Å². The van der Waals surface area contributed by atoms with E-state index in [9.17, 15) is 15.0 Å². The lowest BCUT2D eigenvalue weighted by atomic mass is 10.2. The molecular formula is C19H17NO4S. The second-order valence-corrected chi connectivity index (χ2v) is 6.37. The van der Waals surface area contributed by atoms with Gasteiger partial charge in [0.2, 0.25) is 0 Å². The van der Waals surface area contributed by atoms with Gasteiger partial charge in [-0.25, -0.2) is 0 Å². The normalized spacial score (nSPS) is 10.4. The second kappa shape index (κ2) is 7.72. The number of ether oxygens (including phenoxy) is 1. The van der Waals surface area contributed by atoms with Crippen molar-refractivity contribution < 1.29 is 19.7 Å². The van der Waals surface area contributed by atoms with E-state index >= 15 is 0 Å². The Kier molecular flexibility index (Phi) is 5.20. The summed E-state index contributed by atoms with van der Waals surface area (Å²) in [5.41, 5.74) is 0.790. The maximum Gasteiger partial charge on any atom is 0.265 e. The third-order valence-electron chi connectivity index (χ3n) is 3.57. The van der Waals surface area contributed by atoms with Gasteiger partial charge in [-0.3, -0.25) is 4.79 Å². The molecule has 1 heterocycles.